The molecule has 0 unspecified atom stereocenters. The molecule has 1 saturated heterocycles. The van der Waals surface area contributed by atoms with E-state index in [4.69, 9.17) is 0 Å². The molecule has 0 aliphatic carbocycles. The van der Waals surface area contributed by atoms with Crippen molar-refractivity contribution in [2.75, 3.05) is 19.6 Å². The average molecular weight is 259 g/mol. The van der Waals surface area contributed by atoms with Gasteiger partial charge in [-0.05, 0) is 19.9 Å². The number of carbonyl (C=O) groups excluding carboxylic acids is 2. The second-order valence-corrected chi connectivity index (χ2v) is 5.27. The summed E-state index contributed by atoms with van der Waals surface area (Å²) < 4.78 is 0. The van der Waals surface area contributed by atoms with E-state index in [1.54, 1.807) is 0 Å². The van der Waals surface area contributed by atoms with Gasteiger partial charge in [-0.25, -0.2) is 0 Å². The van der Waals surface area contributed by atoms with Crippen molar-refractivity contribution in [2.45, 2.75) is 32.6 Å². The molecule has 2 rings (SSSR count). The Labute approximate surface area is 114 Å². The molecule has 3 nitrogen and oxygen atoms in total. The van der Waals surface area contributed by atoms with E-state index in [9.17, 15) is 9.59 Å². The Hall–Kier alpha value is -1.48. The first-order chi connectivity index (χ1) is 9.15. The number of hydrogen-bond acceptors (Lipinski definition) is 3. The highest BCUT2D eigenvalue weighted by Crippen LogP contribution is 2.10. The van der Waals surface area contributed by atoms with Gasteiger partial charge in [0.1, 0.15) is 5.78 Å². The predicted molar refractivity (Wildman–Crippen MR) is 75.4 cm³/mol. The van der Waals surface area contributed by atoms with Gasteiger partial charge in [0.05, 0.1) is 0 Å². The van der Waals surface area contributed by atoms with Crippen LogP contribution in [0, 0.1) is 6.92 Å². The van der Waals surface area contributed by atoms with E-state index in [1.165, 1.54) is 5.56 Å². The maximum absolute atomic E-state index is 12.0. The molecule has 1 aliphatic rings. The van der Waals surface area contributed by atoms with Crippen LogP contribution in [0.2, 0.25) is 0 Å². The van der Waals surface area contributed by atoms with Gasteiger partial charge in [-0.3, -0.25) is 9.59 Å². The molecule has 0 spiro atoms. The molecule has 1 aliphatic heterocycles. The van der Waals surface area contributed by atoms with Crippen molar-refractivity contribution in [3.63, 3.8) is 0 Å². The number of likely N-dealkylation sites (tertiary alicyclic amines) is 1. The van der Waals surface area contributed by atoms with Crippen LogP contribution in [0.5, 0.6) is 0 Å². The Morgan fingerprint density at radius 2 is 1.79 bits per heavy atom. The summed E-state index contributed by atoms with van der Waals surface area (Å²) in [5.74, 6) is 0.583. The molecule has 19 heavy (non-hydrogen) atoms. The molecule has 1 aromatic carbocycles. The Balaban J connectivity index is 1.72. The average Bonchev–Trinajstić information content (AvgIpc) is 2.41. The molecule has 0 bridgehead atoms. The zero-order valence-corrected chi connectivity index (χ0v) is 11.5. The van der Waals surface area contributed by atoms with Crippen LogP contribution in [-0.4, -0.2) is 36.1 Å². The number of Topliss-reactive ketones (excluding diaryl/α,β-unsaturated/α-hetero) is 2. The van der Waals surface area contributed by atoms with Crippen LogP contribution in [0.1, 0.15) is 41.6 Å². The van der Waals surface area contributed by atoms with Gasteiger partial charge in [0.15, 0.2) is 5.78 Å². The van der Waals surface area contributed by atoms with E-state index >= 15 is 0 Å². The van der Waals surface area contributed by atoms with E-state index in [2.05, 4.69) is 4.90 Å². The van der Waals surface area contributed by atoms with Crippen molar-refractivity contribution in [2.24, 2.45) is 0 Å². The normalized spacial score (nSPS) is 16.6. The summed E-state index contributed by atoms with van der Waals surface area (Å²) in [6, 6.07) is 7.75. The Bertz CT molecular complexity index is 440. The zero-order valence-electron chi connectivity index (χ0n) is 11.5. The lowest BCUT2D eigenvalue weighted by atomic mass is 10.0. The van der Waals surface area contributed by atoms with Gasteiger partial charge in [0, 0.05) is 37.9 Å². The highest BCUT2D eigenvalue weighted by molar-refractivity contribution is 5.96. The van der Waals surface area contributed by atoms with Gasteiger partial charge in [-0.15, -0.1) is 0 Å². The lowest BCUT2D eigenvalue weighted by molar-refractivity contribution is -0.121. The first-order valence-electron chi connectivity index (χ1n) is 6.99. The number of piperidine rings is 1. The topological polar surface area (TPSA) is 37.4 Å². The molecule has 0 N–H and O–H groups in total. The quantitative estimate of drug-likeness (QED) is 0.763. The SMILES string of the molecule is Cc1ccc(C(=O)CCCN2CCC(=O)CC2)cc1. The van der Waals surface area contributed by atoms with Gasteiger partial charge < -0.3 is 4.90 Å². The first-order valence-corrected chi connectivity index (χ1v) is 6.99. The first kappa shape index (κ1) is 13.9. The zero-order chi connectivity index (χ0) is 13.7. The molecule has 0 aromatic heterocycles. The Kier molecular flexibility index (Phi) is 4.86. The van der Waals surface area contributed by atoms with Gasteiger partial charge in [-0.2, -0.15) is 0 Å². The van der Waals surface area contributed by atoms with E-state index in [1.807, 2.05) is 31.2 Å². The summed E-state index contributed by atoms with van der Waals surface area (Å²) >= 11 is 0. The minimum atomic E-state index is 0.216. The van der Waals surface area contributed by atoms with Gasteiger partial charge >= 0.3 is 0 Å². The lowest BCUT2D eigenvalue weighted by Gasteiger charge is -2.25. The molecule has 102 valence electrons. The molecular weight excluding hydrogens is 238 g/mol. The molecule has 1 aromatic rings. The van der Waals surface area contributed by atoms with Crippen LogP contribution in [0.25, 0.3) is 0 Å². The number of rotatable bonds is 5. The molecule has 0 saturated carbocycles. The van der Waals surface area contributed by atoms with Gasteiger partial charge in [0.25, 0.3) is 0 Å². The number of carbonyl (C=O) groups is 2. The summed E-state index contributed by atoms with van der Waals surface area (Å²) in [6.45, 7) is 4.66. The van der Waals surface area contributed by atoms with E-state index in [-0.39, 0.29) is 5.78 Å². The molecule has 3 heteroatoms. The minimum Gasteiger partial charge on any atom is -0.302 e. The van der Waals surface area contributed by atoms with E-state index in [0.29, 0.717) is 25.0 Å². The van der Waals surface area contributed by atoms with Gasteiger partial charge in [0.2, 0.25) is 0 Å². The number of nitrogens with zero attached hydrogens (tertiary/aromatic N) is 1. The minimum absolute atomic E-state index is 0.216. The third-order valence-electron chi connectivity index (χ3n) is 3.67. The third kappa shape index (κ3) is 4.28. The fourth-order valence-corrected chi connectivity index (χ4v) is 2.37. The fourth-order valence-electron chi connectivity index (χ4n) is 2.37. The fraction of sp³-hybridized carbons (Fsp3) is 0.500. The molecule has 0 atom stereocenters. The van der Waals surface area contributed by atoms with Crippen LogP contribution >= 0.6 is 0 Å². The summed E-state index contributed by atoms with van der Waals surface area (Å²) in [7, 11) is 0. The molecular formula is C16H21NO2. The van der Waals surface area contributed by atoms with Crippen molar-refractivity contribution in [3.8, 4) is 0 Å². The van der Waals surface area contributed by atoms with Crippen LogP contribution in [0.15, 0.2) is 24.3 Å². The largest absolute Gasteiger partial charge is 0.302 e. The number of benzene rings is 1. The molecule has 0 radical (unpaired) electrons. The molecule has 0 amide bonds. The van der Waals surface area contributed by atoms with Crippen molar-refractivity contribution in [1.82, 2.24) is 4.90 Å². The monoisotopic (exact) mass is 259 g/mol. The smallest absolute Gasteiger partial charge is 0.162 e. The van der Waals surface area contributed by atoms with Crippen LogP contribution < -0.4 is 0 Å². The van der Waals surface area contributed by atoms with E-state index < -0.39 is 0 Å². The number of aryl methyl sites for hydroxylation is 1. The lowest BCUT2D eigenvalue weighted by Crippen LogP contribution is -2.34. The Morgan fingerprint density at radius 3 is 2.42 bits per heavy atom. The summed E-state index contributed by atoms with van der Waals surface area (Å²) in [5, 5.41) is 0. The Morgan fingerprint density at radius 1 is 1.16 bits per heavy atom. The second-order valence-electron chi connectivity index (χ2n) is 5.27. The predicted octanol–water partition coefficient (Wildman–Crippen LogP) is 2.62. The third-order valence-corrected chi connectivity index (χ3v) is 3.67. The maximum Gasteiger partial charge on any atom is 0.162 e. The van der Waals surface area contributed by atoms with Crippen LogP contribution in [-0.2, 0) is 4.79 Å². The summed E-state index contributed by atoms with van der Waals surface area (Å²) in [5.41, 5.74) is 1.98. The highest BCUT2D eigenvalue weighted by Gasteiger charge is 2.15. The number of ketones is 2. The van der Waals surface area contributed by atoms with Crippen LogP contribution in [0.3, 0.4) is 0 Å². The van der Waals surface area contributed by atoms with Gasteiger partial charge in [-0.1, -0.05) is 29.8 Å². The van der Waals surface area contributed by atoms with Crippen molar-refractivity contribution >= 4 is 11.6 Å². The van der Waals surface area contributed by atoms with Crippen molar-refractivity contribution in [1.29, 1.82) is 0 Å². The summed E-state index contributed by atoms with van der Waals surface area (Å²) in [6.07, 6.45) is 2.81. The number of hydrogen-bond donors (Lipinski definition) is 0. The highest BCUT2D eigenvalue weighted by atomic mass is 16.1. The second kappa shape index (κ2) is 6.62. The molecule has 1 heterocycles. The van der Waals surface area contributed by atoms with E-state index in [0.717, 1.165) is 31.6 Å². The van der Waals surface area contributed by atoms with Crippen molar-refractivity contribution < 1.29 is 9.59 Å². The molecule has 1 fully saturated rings. The summed E-state index contributed by atoms with van der Waals surface area (Å²) in [4.78, 5) is 25.4. The standard InChI is InChI=1S/C16H21NO2/c1-13-4-6-14(7-5-13)16(19)3-2-10-17-11-8-15(18)9-12-17/h4-7H,2-3,8-12H2,1H3. The maximum atomic E-state index is 12.0. The van der Waals surface area contributed by atoms with Crippen LogP contribution in [0.4, 0.5) is 0 Å². The van der Waals surface area contributed by atoms with Crippen molar-refractivity contribution in [3.05, 3.63) is 35.4 Å².